The summed E-state index contributed by atoms with van der Waals surface area (Å²) in [4.78, 5) is 12.5. The quantitative estimate of drug-likeness (QED) is 0.549. The van der Waals surface area contributed by atoms with E-state index >= 15 is 0 Å². The van der Waals surface area contributed by atoms with Crippen LogP contribution in [0, 0.1) is 0 Å². The van der Waals surface area contributed by atoms with E-state index < -0.39 is 0 Å². The van der Waals surface area contributed by atoms with Crippen LogP contribution in [0.4, 0.5) is 5.69 Å². The number of nitrogens with one attached hydrogen (secondary N) is 1. The van der Waals surface area contributed by atoms with Crippen LogP contribution in [-0.2, 0) is 4.79 Å². The van der Waals surface area contributed by atoms with Crippen molar-refractivity contribution >= 4 is 45.9 Å². The predicted octanol–water partition coefficient (Wildman–Crippen LogP) is 5.82. The Kier molecular flexibility index (Phi) is 4.56. The number of fused-ring (bicyclic) bond motifs is 1. The summed E-state index contributed by atoms with van der Waals surface area (Å²) < 4.78 is 0. The molecule has 0 saturated carbocycles. The van der Waals surface area contributed by atoms with Crippen molar-refractivity contribution in [3.05, 3.63) is 76.3 Å². The second-order valence-corrected chi connectivity index (χ2v) is 6.21. The van der Waals surface area contributed by atoms with Crippen LogP contribution in [0.25, 0.3) is 11.1 Å². The highest BCUT2D eigenvalue weighted by Gasteiger charge is 2.27. The fourth-order valence-corrected chi connectivity index (χ4v) is 3.14. The van der Waals surface area contributed by atoms with E-state index in [-0.39, 0.29) is 5.91 Å². The number of carbonyl (C=O) groups excluding carboxylic acids is 1. The van der Waals surface area contributed by atoms with E-state index in [1.165, 1.54) is 0 Å². The highest BCUT2D eigenvalue weighted by molar-refractivity contribution is 6.38. The minimum atomic E-state index is -0.110. The average molecular weight is 344 g/mol. The number of anilines is 1. The first-order valence-electron chi connectivity index (χ1n) is 7.31. The summed E-state index contributed by atoms with van der Waals surface area (Å²) >= 11 is 12.1. The van der Waals surface area contributed by atoms with Gasteiger partial charge in [-0.1, -0.05) is 47.5 Å². The number of hydrogen-bond donors (Lipinski definition) is 1. The standard InChI is InChI=1S/C19H15Cl2NO/c1-2-3-7-15(12-5-4-6-13(20)10-12)18-16-9-8-14(21)11-17(16)22-19(18)23/h2,4-6,8-11H,1,3,7H2,(H,22,23). The van der Waals surface area contributed by atoms with Crippen LogP contribution in [0.1, 0.15) is 24.0 Å². The van der Waals surface area contributed by atoms with Gasteiger partial charge < -0.3 is 5.32 Å². The van der Waals surface area contributed by atoms with Crippen LogP contribution < -0.4 is 5.32 Å². The van der Waals surface area contributed by atoms with Gasteiger partial charge in [0.2, 0.25) is 0 Å². The fourth-order valence-electron chi connectivity index (χ4n) is 2.78. The predicted molar refractivity (Wildman–Crippen MR) is 97.8 cm³/mol. The van der Waals surface area contributed by atoms with E-state index in [0.717, 1.165) is 28.8 Å². The molecule has 23 heavy (non-hydrogen) atoms. The first-order valence-corrected chi connectivity index (χ1v) is 8.07. The second-order valence-electron chi connectivity index (χ2n) is 5.34. The molecular formula is C19H15Cl2NO. The largest absolute Gasteiger partial charge is 0.321 e. The zero-order chi connectivity index (χ0) is 16.4. The Hall–Kier alpha value is -2.03. The van der Waals surface area contributed by atoms with Crippen molar-refractivity contribution in [3.8, 4) is 0 Å². The third kappa shape index (κ3) is 3.19. The zero-order valence-corrected chi connectivity index (χ0v) is 13.9. The molecule has 2 aromatic rings. The minimum Gasteiger partial charge on any atom is -0.321 e. The SMILES string of the molecule is C=CCCC(=C1C(=O)Nc2cc(Cl)ccc21)c1cccc(Cl)c1. The highest BCUT2D eigenvalue weighted by Crippen LogP contribution is 2.40. The van der Waals surface area contributed by atoms with E-state index in [9.17, 15) is 4.79 Å². The molecule has 0 fully saturated rings. The van der Waals surface area contributed by atoms with Crippen molar-refractivity contribution in [2.45, 2.75) is 12.8 Å². The first-order chi connectivity index (χ1) is 11.1. The van der Waals surface area contributed by atoms with Crippen LogP contribution in [0.2, 0.25) is 10.0 Å². The van der Waals surface area contributed by atoms with Gasteiger partial charge in [-0.15, -0.1) is 6.58 Å². The van der Waals surface area contributed by atoms with Crippen molar-refractivity contribution in [1.29, 1.82) is 0 Å². The molecule has 0 spiro atoms. The number of carbonyl (C=O) groups is 1. The lowest BCUT2D eigenvalue weighted by Crippen LogP contribution is -2.06. The topological polar surface area (TPSA) is 29.1 Å². The molecule has 2 nitrogen and oxygen atoms in total. The van der Waals surface area contributed by atoms with E-state index in [1.54, 1.807) is 12.1 Å². The van der Waals surface area contributed by atoms with Gasteiger partial charge in [0.25, 0.3) is 5.91 Å². The van der Waals surface area contributed by atoms with Crippen LogP contribution in [0.15, 0.2) is 55.1 Å². The zero-order valence-electron chi connectivity index (χ0n) is 12.4. The number of amides is 1. The Morgan fingerprint density at radius 1 is 1.13 bits per heavy atom. The van der Waals surface area contributed by atoms with E-state index in [1.807, 2.05) is 36.4 Å². The maximum absolute atomic E-state index is 12.5. The molecule has 0 bridgehead atoms. The number of hydrogen-bond acceptors (Lipinski definition) is 1. The number of allylic oxidation sites excluding steroid dienone is 2. The maximum Gasteiger partial charge on any atom is 0.256 e. The van der Waals surface area contributed by atoms with Gasteiger partial charge in [0, 0.05) is 15.6 Å². The highest BCUT2D eigenvalue weighted by atomic mass is 35.5. The molecule has 116 valence electrons. The lowest BCUT2D eigenvalue weighted by atomic mass is 9.92. The Bertz CT molecular complexity index is 824. The number of rotatable bonds is 4. The molecule has 1 heterocycles. The molecule has 0 aliphatic carbocycles. The third-order valence-electron chi connectivity index (χ3n) is 3.80. The summed E-state index contributed by atoms with van der Waals surface area (Å²) in [6.45, 7) is 3.78. The molecule has 0 saturated heterocycles. The molecule has 0 radical (unpaired) electrons. The van der Waals surface area contributed by atoms with Gasteiger partial charge in [-0.25, -0.2) is 0 Å². The lowest BCUT2D eigenvalue weighted by molar-refractivity contribution is -0.110. The molecule has 1 N–H and O–H groups in total. The summed E-state index contributed by atoms with van der Waals surface area (Å²) in [7, 11) is 0. The molecular weight excluding hydrogens is 329 g/mol. The van der Waals surface area contributed by atoms with Gasteiger partial charge in [-0.2, -0.15) is 0 Å². The van der Waals surface area contributed by atoms with Gasteiger partial charge in [0.05, 0.1) is 11.3 Å². The molecule has 0 unspecified atom stereocenters. The van der Waals surface area contributed by atoms with E-state index in [0.29, 0.717) is 22.0 Å². The minimum absolute atomic E-state index is 0.110. The smallest absolute Gasteiger partial charge is 0.256 e. The Morgan fingerprint density at radius 3 is 2.65 bits per heavy atom. The maximum atomic E-state index is 12.5. The summed E-state index contributed by atoms with van der Waals surface area (Å²) in [5.74, 6) is -0.110. The summed E-state index contributed by atoms with van der Waals surface area (Å²) in [6, 6.07) is 13.0. The monoisotopic (exact) mass is 343 g/mol. The first kappa shape index (κ1) is 15.9. The van der Waals surface area contributed by atoms with E-state index in [4.69, 9.17) is 23.2 Å². The summed E-state index contributed by atoms with van der Waals surface area (Å²) in [5.41, 5.74) is 4.22. The summed E-state index contributed by atoms with van der Waals surface area (Å²) in [5, 5.41) is 4.13. The van der Waals surface area contributed by atoms with Crippen LogP contribution in [0.5, 0.6) is 0 Å². The van der Waals surface area contributed by atoms with Crippen LogP contribution in [0.3, 0.4) is 0 Å². The van der Waals surface area contributed by atoms with Crippen molar-refractivity contribution in [1.82, 2.24) is 0 Å². The van der Waals surface area contributed by atoms with Gasteiger partial charge in [-0.05, 0) is 48.2 Å². The van der Waals surface area contributed by atoms with Gasteiger partial charge >= 0.3 is 0 Å². The van der Waals surface area contributed by atoms with Gasteiger partial charge in [-0.3, -0.25) is 4.79 Å². The number of benzene rings is 2. The van der Waals surface area contributed by atoms with Crippen molar-refractivity contribution in [2.75, 3.05) is 5.32 Å². The third-order valence-corrected chi connectivity index (χ3v) is 4.27. The molecule has 1 aliphatic heterocycles. The molecule has 0 aromatic heterocycles. The van der Waals surface area contributed by atoms with Crippen molar-refractivity contribution in [3.63, 3.8) is 0 Å². The summed E-state index contributed by atoms with van der Waals surface area (Å²) in [6.07, 6.45) is 3.34. The average Bonchev–Trinajstić information content (AvgIpc) is 2.83. The van der Waals surface area contributed by atoms with Crippen molar-refractivity contribution in [2.24, 2.45) is 0 Å². The molecule has 1 aliphatic rings. The Morgan fingerprint density at radius 2 is 1.91 bits per heavy atom. The van der Waals surface area contributed by atoms with Crippen LogP contribution >= 0.6 is 23.2 Å². The Balaban J connectivity index is 2.20. The molecule has 1 amide bonds. The Labute approximate surface area is 145 Å². The van der Waals surface area contributed by atoms with Gasteiger partial charge in [0.15, 0.2) is 0 Å². The second kappa shape index (κ2) is 6.61. The molecule has 2 aromatic carbocycles. The normalized spacial score (nSPS) is 15.1. The van der Waals surface area contributed by atoms with Gasteiger partial charge in [0.1, 0.15) is 0 Å². The van der Waals surface area contributed by atoms with E-state index in [2.05, 4.69) is 11.9 Å². The lowest BCUT2D eigenvalue weighted by Gasteiger charge is -2.11. The fraction of sp³-hybridized carbons (Fsp3) is 0.105. The molecule has 4 heteroatoms. The molecule has 0 atom stereocenters. The van der Waals surface area contributed by atoms with Crippen molar-refractivity contribution < 1.29 is 4.79 Å². The number of halogens is 2. The van der Waals surface area contributed by atoms with Crippen LogP contribution in [-0.4, -0.2) is 5.91 Å². The molecule has 3 rings (SSSR count).